The molecule has 110 valence electrons. The lowest BCUT2D eigenvalue weighted by molar-refractivity contribution is 0.536. The van der Waals surface area contributed by atoms with Gasteiger partial charge in [0.1, 0.15) is 4.99 Å². The Balaban J connectivity index is 2.28. The van der Waals surface area contributed by atoms with E-state index in [2.05, 4.69) is 24.8 Å². The smallest absolute Gasteiger partial charge is 0.105 e. The molecule has 2 N–H and O–H groups in total. The summed E-state index contributed by atoms with van der Waals surface area (Å²) in [5, 5.41) is 0.654. The van der Waals surface area contributed by atoms with Crippen molar-refractivity contribution < 1.29 is 0 Å². The van der Waals surface area contributed by atoms with Crippen LogP contribution in [0.3, 0.4) is 0 Å². The Kier molecular flexibility index (Phi) is 5.28. The first kappa shape index (κ1) is 15.6. The van der Waals surface area contributed by atoms with Crippen molar-refractivity contribution in [2.24, 2.45) is 11.7 Å². The molecule has 2 nitrogen and oxygen atoms in total. The van der Waals surface area contributed by atoms with E-state index in [1.54, 1.807) is 0 Å². The van der Waals surface area contributed by atoms with Crippen LogP contribution in [-0.2, 0) is 0 Å². The normalized spacial score (nSPS) is 15.8. The molecule has 0 aromatic heterocycles. The van der Waals surface area contributed by atoms with Crippen molar-refractivity contribution in [1.82, 2.24) is 0 Å². The first-order valence-electron chi connectivity index (χ1n) is 7.35. The maximum atomic E-state index is 6.32. The fourth-order valence-corrected chi connectivity index (χ4v) is 3.47. The van der Waals surface area contributed by atoms with Crippen molar-refractivity contribution in [3.8, 4) is 0 Å². The minimum Gasteiger partial charge on any atom is -0.389 e. The predicted octanol–water partition coefficient (Wildman–Crippen LogP) is 4.38. The van der Waals surface area contributed by atoms with E-state index < -0.39 is 0 Å². The van der Waals surface area contributed by atoms with Crippen molar-refractivity contribution in [2.45, 2.75) is 45.6 Å². The van der Waals surface area contributed by atoms with Crippen molar-refractivity contribution in [2.75, 3.05) is 11.4 Å². The lowest BCUT2D eigenvalue weighted by Gasteiger charge is -2.33. The van der Waals surface area contributed by atoms with Gasteiger partial charge in [-0.1, -0.05) is 50.5 Å². The molecular weight excluding hydrogens is 288 g/mol. The average molecular weight is 311 g/mol. The molecule has 0 bridgehead atoms. The number of hydrogen-bond acceptors (Lipinski definition) is 2. The second-order valence-corrected chi connectivity index (χ2v) is 6.86. The molecular formula is C16H23ClN2S. The maximum Gasteiger partial charge on any atom is 0.105 e. The first-order valence-corrected chi connectivity index (χ1v) is 8.13. The molecule has 0 saturated heterocycles. The quantitative estimate of drug-likeness (QED) is 0.818. The lowest BCUT2D eigenvalue weighted by Crippen LogP contribution is -2.36. The van der Waals surface area contributed by atoms with Gasteiger partial charge in [0.05, 0.1) is 5.02 Å². The fraction of sp³-hybridized carbons (Fsp3) is 0.562. The Morgan fingerprint density at radius 3 is 2.55 bits per heavy atom. The highest BCUT2D eigenvalue weighted by Crippen LogP contribution is 2.31. The van der Waals surface area contributed by atoms with Crippen LogP contribution in [0.1, 0.15) is 45.1 Å². The van der Waals surface area contributed by atoms with Crippen LogP contribution in [0, 0.1) is 5.92 Å². The summed E-state index contributed by atoms with van der Waals surface area (Å²) in [7, 11) is 0. The van der Waals surface area contributed by atoms with Gasteiger partial charge in [0.15, 0.2) is 0 Å². The van der Waals surface area contributed by atoms with Gasteiger partial charge < -0.3 is 10.6 Å². The number of nitrogens with two attached hydrogens (primary N) is 1. The molecule has 1 saturated carbocycles. The Labute approximate surface area is 132 Å². The van der Waals surface area contributed by atoms with Crippen LogP contribution in [0.15, 0.2) is 18.2 Å². The minimum absolute atomic E-state index is 0.359. The zero-order valence-electron chi connectivity index (χ0n) is 12.2. The molecule has 2 rings (SSSR count). The highest BCUT2D eigenvalue weighted by atomic mass is 35.5. The fourth-order valence-electron chi connectivity index (χ4n) is 2.96. The summed E-state index contributed by atoms with van der Waals surface area (Å²) in [5.41, 5.74) is 7.63. The summed E-state index contributed by atoms with van der Waals surface area (Å²) in [6, 6.07) is 6.70. The van der Waals surface area contributed by atoms with Gasteiger partial charge in [-0.3, -0.25) is 0 Å². The van der Waals surface area contributed by atoms with Crippen molar-refractivity contribution in [3.05, 3.63) is 28.8 Å². The van der Waals surface area contributed by atoms with E-state index in [4.69, 9.17) is 29.6 Å². The van der Waals surface area contributed by atoms with E-state index in [0.717, 1.165) is 12.1 Å². The van der Waals surface area contributed by atoms with E-state index in [0.29, 0.717) is 22.0 Å². The Morgan fingerprint density at radius 2 is 2.05 bits per heavy atom. The van der Waals surface area contributed by atoms with E-state index in [9.17, 15) is 0 Å². The average Bonchev–Trinajstić information content (AvgIpc) is 2.88. The first-order chi connectivity index (χ1) is 9.49. The number of thiocarbonyl (C=S) groups is 1. The molecule has 0 unspecified atom stereocenters. The molecule has 1 fully saturated rings. The molecule has 4 heteroatoms. The van der Waals surface area contributed by atoms with Crippen molar-refractivity contribution in [1.29, 1.82) is 0 Å². The lowest BCUT2D eigenvalue weighted by atomic mass is 10.1. The van der Waals surface area contributed by atoms with Gasteiger partial charge >= 0.3 is 0 Å². The zero-order valence-corrected chi connectivity index (χ0v) is 13.8. The SMILES string of the molecule is CC(C)CN(c1ccc(C(N)=S)c(Cl)c1)C1CCCC1. The summed E-state index contributed by atoms with van der Waals surface area (Å²) in [6.45, 7) is 5.58. The van der Waals surface area contributed by atoms with E-state index in [-0.39, 0.29) is 0 Å². The third-order valence-corrected chi connectivity index (χ3v) is 4.41. The minimum atomic E-state index is 0.359. The van der Waals surface area contributed by atoms with Crippen LogP contribution in [0.5, 0.6) is 0 Å². The molecule has 0 heterocycles. The maximum absolute atomic E-state index is 6.32. The molecule has 0 radical (unpaired) electrons. The van der Waals surface area contributed by atoms with Gasteiger partial charge in [-0.15, -0.1) is 0 Å². The number of rotatable bonds is 5. The number of anilines is 1. The Bertz CT molecular complexity index is 481. The van der Waals surface area contributed by atoms with Gasteiger partial charge in [0, 0.05) is 23.8 Å². The van der Waals surface area contributed by atoms with Crippen LogP contribution < -0.4 is 10.6 Å². The topological polar surface area (TPSA) is 29.3 Å². The van der Waals surface area contributed by atoms with E-state index >= 15 is 0 Å². The summed E-state index contributed by atoms with van der Waals surface area (Å²) in [5.74, 6) is 0.629. The zero-order chi connectivity index (χ0) is 14.7. The second kappa shape index (κ2) is 6.77. The molecule has 1 aliphatic rings. The highest BCUT2D eigenvalue weighted by molar-refractivity contribution is 7.80. The van der Waals surface area contributed by atoms with Gasteiger partial charge in [-0.2, -0.15) is 0 Å². The molecule has 0 amide bonds. The van der Waals surface area contributed by atoms with E-state index in [1.165, 1.54) is 31.4 Å². The van der Waals surface area contributed by atoms with Gasteiger partial charge in [0.25, 0.3) is 0 Å². The molecule has 1 aromatic rings. The van der Waals surface area contributed by atoms with Crippen LogP contribution in [-0.4, -0.2) is 17.6 Å². The third-order valence-electron chi connectivity index (χ3n) is 3.88. The number of hydrogen-bond donors (Lipinski definition) is 1. The van der Waals surface area contributed by atoms with Crippen molar-refractivity contribution in [3.63, 3.8) is 0 Å². The van der Waals surface area contributed by atoms with Crippen LogP contribution >= 0.6 is 23.8 Å². The van der Waals surface area contributed by atoms with Gasteiger partial charge in [0.2, 0.25) is 0 Å². The summed E-state index contributed by atoms with van der Waals surface area (Å²) >= 11 is 11.3. The summed E-state index contributed by atoms with van der Waals surface area (Å²) < 4.78 is 0. The monoisotopic (exact) mass is 310 g/mol. The van der Waals surface area contributed by atoms with Crippen LogP contribution in [0.2, 0.25) is 5.02 Å². The molecule has 0 atom stereocenters. The third kappa shape index (κ3) is 3.64. The number of nitrogens with zero attached hydrogens (tertiary/aromatic N) is 1. The van der Waals surface area contributed by atoms with Crippen LogP contribution in [0.25, 0.3) is 0 Å². The Morgan fingerprint density at radius 1 is 1.40 bits per heavy atom. The number of halogens is 1. The van der Waals surface area contributed by atoms with E-state index in [1.807, 2.05) is 12.1 Å². The standard InChI is InChI=1S/C16H23ClN2S/c1-11(2)10-19(12-5-3-4-6-12)13-7-8-14(16(18)20)15(17)9-13/h7-9,11-12H,3-6,10H2,1-2H3,(H2,18,20). The molecule has 0 spiro atoms. The highest BCUT2D eigenvalue weighted by Gasteiger charge is 2.24. The molecule has 0 aliphatic heterocycles. The molecule has 1 aromatic carbocycles. The molecule has 1 aliphatic carbocycles. The second-order valence-electron chi connectivity index (χ2n) is 6.01. The van der Waals surface area contributed by atoms with Crippen molar-refractivity contribution >= 4 is 34.5 Å². The predicted molar refractivity (Wildman–Crippen MR) is 91.8 cm³/mol. The largest absolute Gasteiger partial charge is 0.389 e. The summed E-state index contributed by atoms with van der Waals surface area (Å²) in [6.07, 6.45) is 5.22. The van der Waals surface area contributed by atoms with Crippen LogP contribution in [0.4, 0.5) is 5.69 Å². The Hall–Kier alpha value is -0.800. The van der Waals surface area contributed by atoms with Gasteiger partial charge in [-0.05, 0) is 37.0 Å². The molecule has 20 heavy (non-hydrogen) atoms. The summed E-state index contributed by atoms with van der Waals surface area (Å²) in [4.78, 5) is 2.87. The van der Waals surface area contributed by atoms with Gasteiger partial charge in [-0.25, -0.2) is 0 Å². The number of benzene rings is 1.